The number of aromatic amines is 1. The first-order valence-corrected chi connectivity index (χ1v) is 10.2. The van der Waals surface area contributed by atoms with Crippen LogP contribution < -0.4 is 21.9 Å². The lowest BCUT2D eigenvalue weighted by molar-refractivity contribution is -0.121. The van der Waals surface area contributed by atoms with E-state index in [-0.39, 0.29) is 18.1 Å². The molecule has 158 valence electrons. The standard InChI is InChI=1S/C19H26N4O5S/c1-5-7-8-23-16(20)15(17(25)21-19(23)27)22(6-2)14(24)10-28-18(26)13-9-11(3)29-12(13)4/h9H,5-8,10,20H2,1-4H3,(H,21,25,27). The Morgan fingerprint density at radius 2 is 1.97 bits per heavy atom. The smallest absolute Gasteiger partial charge is 0.339 e. The molecule has 3 N–H and O–H groups in total. The molecule has 2 heterocycles. The first-order chi connectivity index (χ1) is 13.7. The molecule has 0 aliphatic carbocycles. The second-order valence-corrected chi connectivity index (χ2v) is 8.00. The number of carbonyl (C=O) groups excluding carboxylic acids is 2. The van der Waals surface area contributed by atoms with Gasteiger partial charge in [0.2, 0.25) is 0 Å². The van der Waals surface area contributed by atoms with Crippen LogP contribution in [0.1, 0.15) is 46.8 Å². The summed E-state index contributed by atoms with van der Waals surface area (Å²) in [4.78, 5) is 54.4. The van der Waals surface area contributed by atoms with Gasteiger partial charge in [0.25, 0.3) is 11.5 Å². The number of nitrogens with zero attached hydrogens (tertiary/aromatic N) is 2. The lowest BCUT2D eigenvalue weighted by atomic mass is 10.2. The van der Waals surface area contributed by atoms with Gasteiger partial charge in [-0.25, -0.2) is 9.59 Å². The average Bonchev–Trinajstić information content (AvgIpc) is 3.00. The SMILES string of the molecule is CCCCn1c(N)c(N(CC)C(=O)COC(=O)c2cc(C)sc2C)c(=O)[nH]c1=O. The summed E-state index contributed by atoms with van der Waals surface area (Å²) in [5.74, 6) is -1.30. The minimum Gasteiger partial charge on any atom is -0.452 e. The maximum absolute atomic E-state index is 12.7. The van der Waals surface area contributed by atoms with E-state index in [1.807, 2.05) is 13.8 Å². The fourth-order valence-electron chi connectivity index (χ4n) is 2.95. The fraction of sp³-hybridized carbons (Fsp3) is 0.474. The molecule has 0 saturated heterocycles. The highest BCUT2D eigenvalue weighted by Crippen LogP contribution is 2.22. The number of likely N-dealkylation sites (N-methyl/N-ethyl adjacent to an activating group) is 1. The first kappa shape index (κ1) is 22.4. The molecule has 0 atom stereocenters. The van der Waals surface area contributed by atoms with E-state index in [4.69, 9.17) is 10.5 Å². The minimum atomic E-state index is -0.758. The lowest BCUT2D eigenvalue weighted by Crippen LogP contribution is -2.42. The summed E-state index contributed by atoms with van der Waals surface area (Å²) >= 11 is 1.46. The predicted molar refractivity (Wildman–Crippen MR) is 113 cm³/mol. The van der Waals surface area contributed by atoms with E-state index in [0.29, 0.717) is 18.5 Å². The van der Waals surface area contributed by atoms with Crippen LogP contribution in [0.3, 0.4) is 0 Å². The molecule has 29 heavy (non-hydrogen) atoms. The van der Waals surface area contributed by atoms with Crippen LogP contribution in [0.5, 0.6) is 0 Å². The van der Waals surface area contributed by atoms with Crippen molar-refractivity contribution >= 4 is 34.7 Å². The maximum atomic E-state index is 12.7. The summed E-state index contributed by atoms with van der Waals surface area (Å²) in [7, 11) is 0. The molecule has 2 aromatic rings. The normalized spacial score (nSPS) is 10.8. The van der Waals surface area contributed by atoms with Gasteiger partial charge in [0.05, 0.1) is 5.56 Å². The Bertz CT molecular complexity index is 1020. The number of nitrogens with two attached hydrogens (primary N) is 1. The van der Waals surface area contributed by atoms with Gasteiger partial charge in [-0.05, 0) is 33.3 Å². The quantitative estimate of drug-likeness (QED) is 0.625. The molecule has 0 fully saturated rings. The summed E-state index contributed by atoms with van der Waals surface area (Å²) in [5, 5.41) is 0. The zero-order valence-corrected chi connectivity index (χ0v) is 17.9. The molecule has 2 rings (SSSR count). The molecule has 10 heteroatoms. The Balaban J connectivity index is 2.25. The number of H-pyrrole nitrogens is 1. The van der Waals surface area contributed by atoms with E-state index in [1.165, 1.54) is 15.9 Å². The van der Waals surface area contributed by atoms with Crippen molar-refractivity contribution < 1.29 is 14.3 Å². The number of rotatable bonds is 8. The molecule has 0 saturated carbocycles. The van der Waals surface area contributed by atoms with Gasteiger partial charge in [0.1, 0.15) is 5.82 Å². The van der Waals surface area contributed by atoms with Crippen LogP contribution in [0.4, 0.5) is 11.5 Å². The molecule has 0 aliphatic heterocycles. The number of carbonyl (C=O) groups is 2. The van der Waals surface area contributed by atoms with Gasteiger partial charge in [-0.15, -0.1) is 11.3 Å². The number of esters is 1. The van der Waals surface area contributed by atoms with Gasteiger partial charge in [-0.3, -0.25) is 19.1 Å². The summed E-state index contributed by atoms with van der Waals surface area (Å²) < 4.78 is 6.38. The van der Waals surface area contributed by atoms with Crippen LogP contribution >= 0.6 is 11.3 Å². The van der Waals surface area contributed by atoms with Crippen LogP contribution in [-0.2, 0) is 16.1 Å². The Morgan fingerprint density at radius 3 is 2.52 bits per heavy atom. The van der Waals surface area contributed by atoms with Crippen LogP contribution in [0.2, 0.25) is 0 Å². The van der Waals surface area contributed by atoms with Gasteiger partial charge in [-0.1, -0.05) is 13.3 Å². The second-order valence-electron chi connectivity index (χ2n) is 6.54. The number of nitrogen functional groups attached to an aromatic ring is 1. The highest BCUT2D eigenvalue weighted by atomic mass is 32.1. The van der Waals surface area contributed by atoms with Crippen molar-refractivity contribution in [2.24, 2.45) is 0 Å². The van der Waals surface area contributed by atoms with E-state index < -0.39 is 29.7 Å². The van der Waals surface area contributed by atoms with Gasteiger partial charge in [-0.2, -0.15) is 0 Å². The van der Waals surface area contributed by atoms with Crippen molar-refractivity contribution in [2.45, 2.75) is 47.1 Å². The molecule has 1 amide bonds. The maximum Gasteiger partial charge on any atom is 0.339 e. The van der Waals surface area contributed by atoms with Crippen LogP contribution in [0, 0.1) is 13.8 Å². The monoisotopic (exact) mass is 422 g/mol. The molecule has 2 aromatic heterocycles. The van der Waals surface area contributed by atoms with E-state index in [2.05, 4.69) is 4.98 Å². The van der Waals surface area contributed by atoms with Gasteiger partial charge in [0.15, 0.2) is 12.3 Å². The highest BCUT2D eigenvalue weighted by Gasteiger charge is 2.24. The van der Waals surface area contributed by atoms with Crippen molar-refractivity contribution in [2.75, 3.05) is 23.8 Å². The third-order valence-electron chi connectivity index (χ3n) is 4.42. The Morgan fingerprint density at radius 1 is 1.28 bits per heavy atom. The third-order valence-corrected chi connectivity index (χ3v) is 5.39. The second kappa shape index (κ2) is 9.55. The molecular weight excluding hydrogens is 396 g/mol. The zero-order valence-electron chi connectivity index (χ0n) is 17.0. The molecule has 0 bridgehead atoms. The Hall–Kier alpha value is -2.88. The fourth-order valence-corrected chi connectivity index (χ4v) is 3.86. The average molecular weight is 423 g/mol. The van der Waals surface area contributed by atoms with E-state index in [9.17, 15) is 19.2 Å². The third kappa shape index (κ3) is 4.94. The number of aryl methyl sites for hydroxylation is 2. The number of thiophene rings is 1. The van der Waals surface area contributed by atoms with Crippen LogP contribution in [-0.4, -0.2) is 34.6 Å². The topological polar surface area (TPSA) is 127 Å². The highest BCUT2D eigenvalue weighted by molar-refractivity contribution is 7.12. The summed E-state index contributed by atoms with van der Waals surface area (Å²) in [6.07, 6.45) is 1.51. The molecule has 0 aliphatic rings. The Kier molecular flexibility index (Phi) is 7.38. The predicted octanol–water partition coefficient (Wildman–Crippen LogP) is 1.81. The number of nitrogens with one attached hydrogen (secondary N) is 1. The van der Waals surface area contributed by atoms with E-state index in [1.54, 1.807) is 19.9 Å². The molecule has 0 aromatic carbocycles. The van der Waals surface area contributed by atoms with Crippen molar-refractivity contribution in [1.29, 1.82) is 0 Å². The minimum absolute atomic E-state index is 0.0852. The van der Waals surface area contributed by atoms with Gasteiger partial charge < -0.3 is 15.4 Å². The molecule has 0 unspecified atom stereocenters. The number of anilines is 2. The summed E-state index contributed by atoms with van der Waals surface area (Å²) in [6.45, 7) is 7.19. The number of aromatic nitrogens is 2. The number of hydrogen-bond acceptors (Lipinski definition) is 7. The van der Waals surface area contributed by atoms with Crippen molar-refractivity contribution in [3.63, 3.8) is 0 Å². The number of amides is 1. The van der Waals surface area contributed by atoms with Gasteiger partial charge in [0, 0.05) is 22.8 Å². The van der Waals surface area contributed by atoms with Crippen LogP contribution in [0.25, 0.3) is 0 Å². The molecule has 0 spiro atoms. The van der Waals surface area contributed by atoms with E-state index >= 15 is 0 Å². The number of unbranched alkanes of at least 4 members (excludes halogenated alkanes) is 1. The molecular formula is C19H26N4O5S. The summed E-state index contributed by atoms with van der Waals surface area (Å²) in [5.41, 5.74) is 4.96. The molecule has 9 nitrogen and oxygen atoms in total. The van der Waals surface area contributed by atoms with Gasteiger partial charge >= 0.3 is 11.7 Å². The lowest BCUT2D eigenvalue weighted by Gasteiger charge is -2.23. The Labute approximate surface area is 172 Å². The summed E-state index contributed by atoms with van der Waals surface area (Å²) in [6, 6.07) is 1.71. The van der Waals surface area contributed by atoms with Crippen molar-refractivity contribution in [3.8, 4) is 0 Å². The van der Waals surface area contributed by atoms with Crippen LogP contribution in [0.15, 0.2) is 15.7 Å². The number of ether oxygens (including phenoxy) is 1. The molecule has 0 radical (unpaired) electrons. The van der Waals surface area contributed by atoms with Crippen molar-refractivity contribution in [3.05, 3.63) is 42.2 Å². The van der Waals surface area contributed by atoms with Crippen molar-refractivity contribution in [1.82, 2.24) is 9.55 Å². The largest absolute Gasteiger partial charge is 0.452 e. The number of hydrogen-bond donors (Lipinski definition) is 2. The zero-order chi connectivity index (χ0) is 21.7. The van der Waals surface area contributed by atoms with E-state index in [0.717, 1.165) is 21.1 Å². The first-order valence-electron chi connectivity index (χ1n) is 9.38.